The van der Waals surface area contributed by atoms with Crippen LogP contribution in [0.15, 0.2) is 180 Å². The number of aromatic nitrogens is 3. The van der Waals surface area contributed by atoms with E-state index in [1.54, 1.807) is 0 Å². The van der Waals surface area contributed by atoms with Crippen LogP contribution in [0.5, 0.6) is 0 Å². The maximum absolute atomic E-state index is 6.76. The summed E-state index contributed by atoms with van der Waals surface area (Å²) in [5.74, 6) is 1.83. The summed E-state index contributed by atoms with van der Waals surface area (Å²) in [6, 6.07) is 61.0. The summed E-state index contributed by atoms with van der Waals surface area (Å²) in [6.45, 7) is 0. The molecule has 0 bridgehead atoms. The molecular formula is C47H29N3O. The van der Waals surface area contributed by atoms with Crippen LogP contribution in [0.2, 0.25) is 0 Å². The molecule has 2 heterocycles. The zero-order valence-corrected chi connectivity index (χ0v) is 27.5. The summed E-state index contributed by atoms with van der Waals surface area (Å²) < 4.78 is 6.76. The quantitative estimate of drug-likeness (QED) is 0.186. The Hall–Kier alpha value is -6.91. The van der Waals surface area contributed by atoms with E-state index in [-0.39, 0.29) is 0 Å². The molecule has 51 heavy (non-hydrogen) atoms. The molecule has 0 aliphatic rings. The lowest BCUT2D eigenvalue weighted by Gasteiger charge is -2.10. The second-order valence-electron chi connectivity index (χ2n) is 12.8. The van der Waals surface area contributed by atoms with Gasteiger partial charge >= 0.3 is 0 Å². The smallest absolute Gasteiger partial charge is 0.164 e. The number of hydrogen-bond acceptors (Lipinski definition) is 4. The average molecular weight is 652 g/mol. The van der Waals surface area contributed by atoms with E-state index in [0.29, 0.717) is 17.5 Å². The molecule has 8 aromatic carbocycles. The van der Waals surface area contributed by atoms with Crippen molar-refractivity contribution in [3.05, 3.63) is 176 Å². The van der Waals surface area contributed by atoms with Crippen LogP contribution in [-0.2, 0) is 0 Å². The third kappa shape index (κ3) is 5.13. The molecule has 238 valence electrons. The second-order valence-corrected chi connectivity index (χ2v) is 12.8. The molecule has 0 amide bonds. The Morgan fingerprint density at radius 2 is 0.863 bits per heavy atom. The van der Waals surface area contributed by atoms with E-state index in [0.717, 1.165) is 65.9 Å². The molecule has 0 spiro atoms. The lowest BCUT2D eigenvalue weighted by molar-refractivity contribution is 0.670. The lowest BCUT2D eigenvalue weighted by atomic mass is 9.95. The predicted octanol–water partition coefficient (Wildman–Crippen LogP) is 12.4. The molecule has 0 aliphatic carbocycles. The van der Waals surface area contributed by atoms with E-state index in [4.69, 9.17) is 19.4 Å². The summed E-state index contributed by atoms with van der Waals surface area (Å²) >= 11 is 0. The number of benzene rings is 8. The second kappa shape index (κ2) is 11.9. The van der Waals surface area contributed by atoms with Crippen molar-refractivity contribution in [3.8, 4) is 56.4 Å². The number of furan rings is 1. The summed E-state index contributed by atoms with van der Waals surface area (Å²) in [5.41, 5.74) is 8.96. The van der Waals surface area contributed by atoms with E-state index in [1.165, 1.54) is 16.5 Å². The first-order valence-corrected chi connectivity index (χ1v) is 17.1. The fourth-order valence-corrected chi connectivity index (χ4v) is 7.15. The minimum Gasteiger partial charge on any atom is -0.455 e. The van der Waals surface area contributed by atoms with Crippen LogP contribution in [0.4, 0.5) is 0 Å². The topological polar surface area (TPSA) is 51.8 Å². The van der Waals surface area contributed by atoms with Gasteiger partial charge in [0, 0.05) is 33.0 Å². The minimum atomic E-state index is 0.591. The van der Waals surface area contributed by atoms with Gasteiger partial charge in [0.2, 0.25) is 0 Å². The van der Waals surface area contributed by atoms with Crippen LogP contribution in [0, 0.1) is 0 Å². The van der Waals surface area contributed by atoms with Crippen molar-refractivity contribution in [2.75, 3.05) is 0 Å². The molecule has 0 fully saturated rings. The van der Waals surface area contributed by atoms with Gasteiger partial charge in [-0.2, -0.15) is 0 Å². The van der Waals surface area contributed by atoms with Crippen molar-refractivity contribution in [2.45, 2.75) is 0 Å². The Balaban J connectivity index is 1.15. The number of nitrogens with zero attached hydrogens (tertiary/aromatic N) is 3. The molecule has 4 nitrogen and oxygen atoms in total. The standard InChI is InChI=1S/C47H29N3O/c1-4-12-30(13-5-1)34-22-20-31-21-23-36(27-38(31)26-34)46-48-45(33-16-8-3-9-17-33)49-47(50-46)37-24-25-40-41-28-35-18-10-11-19-39(35)43(32-14-6-2-7-15-32)44(41)51-42(40)29-37/h1-29H. The van der Waals surface area contributed by atoms with Gasteiger partial charge in [0.05, 0.1) is 0 Å². The van der Waals surface area contributed by atoms with Gasteiger partial charge in [-0.15, -0.1) is 0 Å². The van der Waals surface area contributed by atoms with E-state index >= 15 is 0 Å². The number of hydrogen-bond donors (Lipinski definition) is 0. The van der Waals surface area contributed by atoms with Crippen LogP contribution in [0.25, 0.3) is 99.9 Å². The fraction of sp³-hybridized carbons (Fsp3) is 0. The van der Waals surface area contributed by atoms with Crippen LogP contribution in [-0.4, -0.2) is 15.0 Å². The molecule has 0 saturated heterocycles. The SMILES string of the molecule is c1ccc(-c2ccc3ccc(-c4nc(-c5ccccc5)nc(-c5ccc6c(c5)oc5c(-c7ccccc7)c7ccccc7cc56)n4)cc3c2)cc1. The first-order chi connectivity index (χ1) is 25.2. The molecule has 4 heteroatoms. The third-order valence-corrected chi connectivity index (χ3v) is 9.68. The largest absolute Gasteiger partial charge is 0.455 e. The summed E-state index contributed by atoms with van der Waals surface area (Å²) in [4.78, 5) is 15.1. The monoisotopic (exact) mass is 651 g/mol. The van der Waals surface area contributed by atoms with Crippen LogP contribution < -0.4 is 0 Å². The Bertz CT molecular complexity index is 2900. The molecule has 0 radical (unpaired) electrons. The Kier molecular flexibility index (Phi) is 6.78. The molecule has 10 aromatic rings. The normalized spacial score (nSPS) is 11.5. The molecule has 0 aliphatic heterocycles. The van der Waals surface area contributed by atoms with Crippen molar-refractivity contribution < 1.29 is 4.42 Å². The average Bonchev–Trinajstić information content (AvgIpc) is 3.57. The Morgan fingerprint density at radius 3 is 1.59 bits per heavy atom. The molecule has 0 atom stereocenters. The van der Waals surface area contributed by atoms with Crippen molar-refractivity contribution in [1.29, 1.82) is 0 Å². The fourth-order valence-electron chi connectivity index (χ4n) is 7.15. The van der Waals surface area contributed by atoms with Crippen molar-refractivity contribution in [3.63, 3.8) is 0 Å². The van der Waals surface area contributed by atoms with E-state index in [9.17, 15) is 0 Å². The molecule has 0 unspecified atom stereocenters. The number of rotatable bonds is 5. The summed E-state index contributed by atoms with van der Waals surface area (Å²) in [5, 5.41) is 6.77. The van der Waals surface area contributed by atoms with Gasteiger partial charge in [0.25, 0.3) is 0 Å². The zero-order chi connectivity index (χ0) is 33.7. The maximum Gasteiger partial charge on any atom is 0.164 e. The minimum absolute atomic E-state index is 0.591. The molecule has 0 saturated carbocycles. The predicted molar refractivity (Wildman–Crippen MR) is 209 cm³/mol. The summed E-state index contributed by atoms with van der Waals surface area (Å²) in [7, 11) is 0. The number of fused-ring (bicyclic) bond motifs is 5. The highest BCUT2D eigenvalue weighted by Crippen LogP contribution is 2.42. The van der Waals surface area contributed by atoms with Crippen molar-refractivity contribution >= 4 is 43.5 Å². The first-order valence-electron chi connectivity index (χ1n) is 17.1. The molecular weight excluding hydrogens is 623 g/mol. The Labute approximate surface area is 294 Å². The Morgan fingerprint density at radius 1 is 0.314 bits per heavy atom. The van der Waals surface area contributed by atoms with E-state index < -0.39 is 0 Å². The van der Waals surface area contributed by atoms with Crippen LogP contribution in [0.3, 0.4) is 0 Å². The van der Waals surface area contributed by atoms with Gasteiger partial charge in [0.1, 0.15) is 11.2 Å². The first kappa shape index (κ1) is 29.0. The van der Waals surface area contributed by atoms with Crippen molar-refractivity contribution in [1.82, 2.24) is 15.0 Å². The highest BCUT2D eigenvalue weighted by molar-refractivity contribution is 6.18. The van der Waals surface area contributed by atoms with Gasteiger partial charge in [-0.25, -0.2) is 15.0 Å². The van der Waals surface area contributed by atoms with Gasteiger partial charge < -0.3 is 4.42 Å². The van der Waals surface area contributed by atoms with E-state index in [1.807, 2.05) is 42.5 Å². The van der Waals surface area contributed by atoms with Gasteiger partial charge in [-0.05, 0) is 68.6 Å². The molecule has 10 rings (SSSR count). The van der Waals surface area contributed by atoms with E-state index in [2.05, 4.69) is 133 Å². The lowest BCUT2D eigenvalue weighted by Crippen LogP contribution is -2.00. The zero-order valence-electron chi connectivity index (χ0n) is 27.5. The highest BCUT2D eigenvalue weighted by atomic mass is 16.3. The summed E-state index contributed by atoms with van der Waals surface area (Å²) in [6.07, 6.45) is 0. The van der Waals surface area contributed by atoms with Gasteiger partial charge in [0.15, 0.2) is 17.5 Å². The van der Waals surface area contributed by atoms with Gasteiger partial charge in [-0.3, -0.25) is 0 Å². The maximum atomic E-state index is 6.76. The van der Waals surface area contributed by atoms with Crippen LogP contribution in [0.1, 0.15) is 0 Å². The highest BCUT2D eigenvalue weighted by Gasteiger charge is 2.18. The molecule has 0 N–H and O–H groups in total. The molecule has 2 aromatic heterocycles. The van der Waals surface area contributed by atoms with Crippen molar-refractivity contribution in [2.24, 2.45) is 0 Å². The van der Waals surface area contributed by atoms with Crippen LogP contribution >= 0.6 is 0 Å². The van der Waals surface area contributed by atoms with Gasteiger partial charge in [-0.1, -0.05) is 146 Å². The third-order valence-electron chi connectivity index (χ3n) is 9.68.